The average Bonchev–Trinajstić information content (AvgIpc) is 2.81. The van der Waals surface area contributed by atoms with E-state index in [9.17, 15) is 0 Å². The molecule has 20 heavy (non-hydrogen) atoms. The molecular weight excluding hydrogens is 382 g/mol. The fourth-order valence-electron chi connectivity index (χ4n) is 1.27. The third-order valence-corrected chi connectivity index (χ3v) is 2.73. The minimum absolute atomic E-state index is 0. The Morgan fingerprint density at radius 3 is 1.10 bits per heavy atom. The Bertz CT molecular complexity index is 321. The van der Waals surface area contributed by atoms with E-state index in [1.807, 2.05) is 0 Å². The van der Waals surface area contributed by atoms with Gasteiger partial charge >= 0.3 is 26.2 Å². The van der Waals surface area contributed by atoms with Crippen LogP contribution in [0, 0.1) is 12.2 Å². The van der Waals surface area contributed by atoms with E-state index < -0.39 is 0 Å². The molecule has 0 aliphatic heterocycles. The molecule has 0 aromatic rings. The Morgan fingerprint density at radius 2 is 1.05 bits per heavy atom. The van der Waals surface area contributed by atoms with Gasteiger partial charge in [-0.1, -0.05) is 39.8 Å². The van der Waals surface area contributed by atoms with Gasteiger partial charge < -0.3 is 24.8 Å². The van der Waals surface area contributed by atoms with Crippen LogP contribution in [0.4, 0.5) is 0 Å². The normalized spacial score (nSPS) is 14.3. The maximum Gasteiger partial charge on any atom is 4.00 e. The maximum absolute atomic E-state index is 3.12. The van der Waals surface area contributed by atoms with Crippen molar-refractivity contribution < 1.29 is 51.0 Å². The first-order valence-corrected chi connectivity index (χ1v) is 8.57. The summed E-state index contributed by atoms with van der Waals surface area (Å²) in [4.78, 5) is 0. The predicted molar refractivity (Wildman–Crippen MR) is 80.5 cm³/mol. The summed E-state index contributed by atoms with van der Waals surface area (Å²) in [5.74, 6) is 0. The van der Waals surface area contributed by atoms with Gasteiger partial charge in [-0.05, 0) is 0 Å². The molecule has 2 aliphatic carbocycles. The van der Waals surface area contributed by atoms with Crippen LogP contribution >= 0.6 is 0 Å². The summed E-state index contributed by atoms with van der Waals surface area (Å²) in [5, 5.41) is 0. The molecule has 2 aliphatic rings. The Hall–Kier alpha value is 0.640. The molecular formula is C16H25Cl2SiZr. The van der Waals surface area contributed by atoms with Crippen LogP contribution < -0.4 is 24.8 Å². The molecule has 0 unspecified atom stereocenters. The minimum atomic E-state index is 0. The molecule has 0 fully saturated rings. The second kappa shape index (κ2) is 17.7. The smallest absolute Gasteiger partial charge is 1.00 e. The molecule has 0 atom stereocenters. The van der Waals surface area contributed by atoms with Crippen molar-refractivity contribution in [3.63, 3.8) is 0 Å². The zero-order valence-corrected chi connectivity index (χ0v) is 18.5. The third kappa shape index (κ3) is 13.6. The molecule has 0 heterocycles. The fraction of sp³-hybridized carbons (Fsp3) is 0.500. The summed E-state index contributed by atoms with van der Waals surface area (Å²) in [6.07, 6.45) is 12.6. The molecule has 0 saturated heterocycles. The Labute approximate surface area is 160 Å². The van der Waals surface area contributed by atoms with Gasteiger partial charge in [0.2, 0.25) is 0 Å². The second-order valence-corrected chi connectivity index (χ2v) is 5.65. The first-order valence-electron chi connectivity index (χ1n) is 6.26. The van der Waals surface area contributed by atoms with Crippen molar-refractivity contribution in [3.05, 3.63) is 46.6 Å². The maximum atomic E-state index is 3.12. The van der Waals surface area contributed by atoms with E-state index in [-0.39, 0.29) is 51.0 Å². The average molecular weight is 408 g/mol. The van der Waals surface area contributed by atoms with Gasteiger partial charge in [-0.25, -0.2) is 22.3 Å². The third-order valence-electron chi connectivity index (χ3n) is 2.73. The van der Waals surface area contributed by atoms with E-state index in [1.54, 1.807) is 0 Å². The Balaban J connectivity index is -0.0000000956. The Morgan fingerprint density at radius 1 is 0.800 bits per heavy atom. The van der Waals surface area contributed by atoms with Gasteiger partial charge in [0.25, 0.3) is 0 Å². The monoisotopic (exact) mass is 405 g/mol. The van der Waals surface area contributed by atoms with Crippen molar-refractivity contribution in [3.8, 4) is 0 Å². The quantitative estimate of drug-likeness (QED) is 0.346. The molecule has 2 rings (SSSR count). The van der Waals surface area contributed by atoms with Crippen LogP contribution in [0.2, 0.25) is 13.1 Å². The summed E-state index contributed by atoms with van der Waals surface area (Å²) in [6, 6.07) is 0. The van der Waals surface area contributed by atoms with E-state index in [0.717, 1.165) is 22.4 Å². The number of halogens is 2. The molecule has 0 saturated carbocycles. The van der Waals surface area contributed by atoms with Gasteiger partial charge in [0.15, 0.2) is 0 Å². The van der Waals surface area contributed by atoms with Gasteiger partial charge in [0.1, 0.15) is 0 Å². The summed E-state index contributed by atoms with van der Waals surface area (Å²) in [5.41, 5.74) is 5.56. The number of hydrogen-bond donors (Lipinski definition) is 0. The standard InChI is InChI=1S/2C7H9.C2H7Si.2ClH.Zr/c2*1-6-4-3-5-7(6)2;1-3-2;;;/h2*3H,4H2,1-2H3;3H,1-2H3;2*1H;/q2*-1;;;;+4/p-2. The molecule has 0 amide bonds. The summed E-state index contributed by atoms with van der Waals surface area (Å²) in [6.45, 7) is 12.9. The molecule has 0 nitrogen and oxygen atoms in total. The van der Waals surface area contributed by atoms with E-state index >= 15 is 0 Å². The zero-order chi connectivity index (χ0) is 13.3. The first-order chi connectivity index (χ1) is 8.02. The van der Waals surface area contributed by atoms with Crippen LogP contribution in [0.1, 0.15) is 40.5 Å². The van der Waals surface area contributed by atoms with Gasteiger partial charge in [-0.15, -0.1) is 13.8 Å². The molecule has 111 valence electrons. The van der Waals surface area contributed by atoms with E-state index in [1.165, 1.54) is 22.3 Å². The molecule has 0 aromatic carbocycles. The summed E-state index contributed by atoms with van der Waals surface area (Å²) in [7, 11) is 0.750. The van der Waals surface area contributed by atoms with Crippen molar-refractivity contribution >= 4 is 9.52 Å². The van der Waals surface area contributed by atoms with Gasteiger partial charge in [0, 0.05) is 9.52 Å². The van der Waals surface area contributed by atoms with Crippen LogP contribution in [-0.2, 0) is 26.2 Å². The van der Waals surface area contributed by atoms with Crippen molar-refractivity contribution in [2.45, 2.75) is 53.6 Å². The molecule has 0 aromatic heterocycles. The molecule has 0 spiro atoms. The number of allylic oxidation sites excluding steroid dienone is 8. The topological polar surface area (TPSA) is 0 Å². The van der Waals surface area contributed by atoms with Crippen LogP contribution in [0.25, 0.3) is 0 Å². The Kier molecular flexibility index (Phi) is 25.4. The van der Waals surface area contributed by atoms with Crippen molar-refractivity contribution in [2.24, 2.45) is 0 Å². The summed E-state index contributed by atoms with van der Waals surface area (Å²) < 4.78 is 0. The van der Waals surface area contributed by atoms with E-state index in [2.05, 4.69) is 65.1 Å². The first kappa shape index (κ1) is 28.8. The number of hydrogen-bond acceptors (Lipinski definition) is 0. The molecule has 0 N–H and O–H groups in total. The van der Waals surface area contributed by atoms with Crippen LogP contribution in [-0.4, -0.2) is 9.52 Å². The number of rotatable bonds is 0. The zero-order valence-electron chi connectivity index (χ0n) is 13.4. The van der Waals surface area contributed by atoms with E-state index in [0.29, 0.717) is 0 Å². The second-order valence-electron chi connectivity index (χ2n) is 4.49. The van der Waals surface area contributed by atoms with Crippen LogP contribution in [0.15, 0.2) is 34.4 Å². The minimum Gasteiger partial charge on any atom is -1.00 e. The van der Waals surface area contributed by atoms with Gasteiger partial charge in [-0.3, -0.25) is 12.2 Å². The van der Waals surface area contributed by atoms with Crippen LogP contribution in [0.5, 0.6) is 0 Å². The van der Waals surface area contributed by atoms with Gasteiger partial charge in [0.05, 0.1) is 0 Å². The summed E-state index contributed by atoms with van der Waals surface area (Å²) >= 11 is 0. The molecule has 4 heteroatoms. The van der Waals surface area contributed by atoms with Crippen molar-refractivity contribution in [1.82, 2.24) is 0 Å². The van der Waals surface area contributed by atoms with Crippen LogP contribution in [0.3, 0.4) is 0 Å². The SMILES string of the molecule is CC1=C(C)CC=[C-]1.CC1=C(C)CC=[C-]1.C[SiH]C.[Cl-].[Cl-].[Zr+4]. The fourth-order valence-corrected chi connectivity index (χ4v) is 1.27. The molecule has 1 radical (unpaired) electrons. The molecule has 0 bridgehead atoms. The predicted octanol–water partition coefficient (Wildman–Crippen LogP) is -1.30. The van der Waals surface area contributed by atoms with E-state index in [4.69, 9.17) is 0 Å². The van der Waals surface area contributed by atoms with Gasteiger partial charge in [-0.2, -0.15) is 12.2 Å². The van der Waals surface area contributed by atoms with Crippen molar-refractivity contribution in [2.75, 3.05) is 0 Å². The largest absolute Gasteiger partial charge is 4.00 e. The van der Waals surface area contributed by atoms with Crippen molar-refractivity contribution in [1.29, 1.82) is 0 Å².